The van der Waals surface area contributed by atoms with E-state index in [4.69, 9.17) is 0 Å². The Morgan fingerprint density at radius 3 is 2.73 bits per heavy atom. The van der Waals surface area contributed by atoms with Gasteiger partial charge in [0.05, 0.1) is 6.54 Å². The van der Waals surface area contributed by atoms with Gasteiger partial charge in [-0.05, 0) is 30.5 Å². The van der Waals surface area contributed by atoms with Crippen LogP contribution in [0.2, 0.25) is 0 Å². The molecule has 134 valence electrons. The van der Waals surface area contributed by atoms with E-state index in [2.05, 4.69) is 20.6 Å². The zero-order valence-electron chi connectivity index (χ0n) is 13.8. The van der Waals surface area contributed by atoms with Gasteiger partial charge in [-0.1, -0.05) is 23.5 Å². The average molecular weight is 373 g/mol. The summed E-state index contributed by atoms with van der Waals surface area (Å²) in [6.07, 6.45) is 2.72. The maximum atomic E-state index is 13.0. The third-order valence-corrected chi connectivity index (χ3v) is 5.20. The van der Waals surface area contributed by atoms with Gasteiger partial charge >= 0.3 is 0 Å². The molecule has 1 N–H and O–H groups in total. The van der Waals surface area contributed by atoms with Crippen LogP contribution in [0.5, 0.6) is 0 Å². The second kappa shape index (κ2) is 6.91. The van der Waals surface area contributed by atoms with Gasteiger partial charge in [0, 0.05) is 18.8 Å². The van der Waals surface area contributed by atoms with Gasteiger partial charge < -0.3 is 0 Å². The van der Waals surface area contributed by atoms with Gasteiger partial charge in [0.2, 0.25) is 11.0 Å². The van der Waals surface area contributed by atoms with E-state index in [-0.39, 0.29) is 42.7 Å². The standard InChI is InChI=1S/C17H16FN5O2S/c18-12-5-1-10(2-6-12)9-23-14(24)8-7-13(22-23)15(25)19-17-21-20-16(26-17)11-3-4-11/h1-2,5-6,11H,3-4,7-9H2,(H,19,21,25). The van der Waals surface area contributed by atoms with Crippen molar-refractivity contribution in [2.75, 3.05) is 5.32 Å². The van der Waals surface area contributed by atoms with Gasteiger partial charge in [-0.25, -0.2) is 9.40 Å². The summed E-state index contributed by atoms with van der Waals surface area (Å²) in [6.45, 7) is 0.195. The number of nitrogens with zero attached hydrogens (tertiary/aromatic N) is 4. The molecule has 4 rings (SSSR count). The molecule has 1 aliphatic carbocycles. The molecule has 26 heavy (non-hydrogen) atoms. The molecule has 1 aliphatic heterocycles. The molecule has 0 unspecified atom stereocenters. The summed E-state index contributed by atoms with van der Waals surface area (Å²) in [5.41, 5.74) is 1.01. The van der Waals surface area contributed by atoms with Crippen molar-refractivity contribution in [1.29, 1.82) is 0 Å². The van der Waals surface area contributed by atoms with Crippen molar-refractivity contribution in [3.63, 3.8) is 0 Å². The number of benzene rings is 1. The molecular formula is C17H16FN5O2S. The van der Waals surface area contributed by atoms with E-state index >= 15 is 0 Å². The maximum absolute atomic E-state index is 13.0. The van der Waals surface area contributed by atoms with E-state index in [1.165, 1.54) is 28.5 Å². The highest BCUT2D eigenvalue weighted by molar-refractivity contribution is 7.15. The predicted molar refractivity (Wildman–Crippen MR) is 94.1 cm³/mol. The van der Waals surface area contributed by atoms with Gasteiger partial charge in [-0.15, -0.1) is 10.2 Å². The van der Waals surface area contributed by atoms with Gasteiger partial charge in [-0.3, -0.25) is 14.9 Å². The normalized spacial score (nSPS) is 17.2. The first-order valence-electron chi connectivity index (χ1n) is 8.35. The van der Waals surface area contributed by atoms with Crippen LogP contribution in [0.15, 0.2) is 29.4 Å². The Kier molecular flexibility index (Phi) is 4.46. The lowest BCUT2D eigenvalue weighted by atomic mass is 10.1. The van der Waals surface area contributed by atoms with E-state index in [0.29, 0.717) is 11.0 Å². The maximum Gasteiger partial charge on any atom is 0.273 e. The molecule has 0 atom stereocenters. The van der Waals surface area contributed by atoms with Gasteiger partial charge in [0.25, 0.3) is 5.91 Å². The summed E-state index contributed by atoms with van der Waals surface area (Å²) in [5.74, 6) is -0.406. The number of carbonyl (C=O) groups excluding carboxylic acids is 2. The molecule has 2 heterocycles. The number of anilines is 1. The zero-order chi connectivity index (χ0) is 18.1. The van der Waals surface area contributed by atoms with Crippen molar-refractivity contribution >= 4 is 34.0 Å². The minimum atomic E-state index is -0.375. The topological polar surface area (TPSA) is 87.6 Å². The van der Waals surface area contributed by atoms with E-state index in [1.807, 2.05) is 0 Å². The van der Waals surface area contributed by atoms with Gasteiger partial charge in [0.1, 0.15) is 16.5 Å². The van der Waals surface area contributed by atoms with Crippen molar-refractivity contribution < 1.29 is 14.0 Å². The summed E-state index contributed by atoms with van der Waals surface area (Å²) >= 11 is 1.38. The molecule has 1 saturated carbocycles. The van der Waals surface area contributed by atoms with Crippen LogP contribution in [0, 0.1) is 5.82 Å². The molecule has 7 nitrogen and oxygen atoms in total. The van der Waals surface area contributed by atoms with E-state index < -0.39 is 0 Å². The van der Waals surface area contributed by atoms with Crippen LogP contribution in [0.25, 0.3) is 0 Å². The minimum absolute atomic E-state index is 0.169. The zero-order valence-corrected chi connectivity index (χ0v) is 14.6. The third-order valence-electron chi connectivity index (χ3n) is 4.20. The molecule has 1 fully saturated rings. The van der Waals surface area contributed by atoms with Crippen LogP contribution >= 0.6 is 11.3 Å². The molecule has 1 aromatic heterocycles. The summed E-state index contributed by atoms with van der Waals surface area (Å²) in [7, 11) is 0. The Balaban J connectivity index is 1.44. The molecule has 0 saturated heterocycles. The minimum Gasteiger partial charge on any atom is -0.295 e. The summed E-state index contributed by atoms with van der Waals surface area (Å²) < 4.78 is 13.0. The Morgan fingerprint density at radius 1 is 1.23 bits per heavy atom. The number of nitrogens with one attached hydrogen (secondary N) is 1. The smallest absolute Gasteiger partial charge is 0.273 e. The van der Waals surface area contributed by atoms with Crippen molar-refractivity contribution in [1.82, 2.24) is 15.2 Å². The molecular weight excluding hydrogens is 357 g/mol. The first-order chi connectivity index (χ1) is 12.6. The van der Waals surface area contributed by atoms with E-state index in [0.717, 1.165) is 23.4 Å². The number of hydrazone groups is 1. The van der Waals surface area contributed by atoms with Gasteiger partial charge in [0.15, 0.2) is 0 Å². The second-order valence-corrected chi connectivity index (χ2v) is 7.31. The monoisotopic (exact) mass is 373 g/mol. The van der Waals surface area contributed by atoms with Crippen molar-refractivity contribution in [3.8, 4) is 0 Å². The Labute approximate surface area is 152 Å². The molecule has 0 radical (unpaired) electrons. The lowest BCUT2D eigenvalue weighted by Crippen LogP contribution is -2.36. The van der Waals surface area contributed by atoms with Crippen molar-refractivity contribution in [3.05, 3.63) is 40.7 Å². The van der Waals surface area contributed by atoms with Crippen LogP contribution in [0.4, 0.5) is 9.52 Å². The summed E-state index contributed by atoms with van der Waals surface area (Å²) in [6, 6.07) is 5.84. The van der Waals surface area contributed by atoms with Crippen LogP contribution in [0.3, 0.4) is 0 Å². The first kappa shape index (κ1) is 16.8. The number of carbonyl (C=O) groups is 2. The molecule has 0 bridgehead atoms. The highest BCUT2D eigenvalue weighted by Gasteiger charge is 2.29. The number of hydrogen-bond donors (Lipinski definition) is 1. The number of halogens is 1. The molecule has 2 aromatic rings. The Bertz CT molecular complexity index is 876. The largest absolute Gasteiger partial charge is 0.295 e. The second-order valence-electron chi connectivity index (χ2n) is 6.30. The SMILES string of the molecule is O=C(Nc1nnc(C2CC2)s1)C1=NN(Cc2ccc(F)cc2)C(=O)CC1. The fourth-order valence-electron chi connectivity index (χ4n) is 2.60. The molecule has 9 heteroatoms. The van der Waals surface area contributed by atoms with E-state index in [1.54, 1.807) is 12.1 Å². The number of rotatable bonds is 5. The van der Waals surface area contributed by atoms with Crippen LogP contribution in [-0.2, 0) is 16.1 Å². The first-order valence-corrected chi connectivity index (χ1v) is 9.17. The fourth-order valence-corrected chi connectivity index (χ4v) is 3.51. The summed E-state index contributed by atoms with van der Waals surface area (Å²) in [4.78, 5) is 24.5. The van der Waals surface area contributed by atoms with Crippen LogP contribution < -0.4 is 5.32 Å². The van der Waals surface area contributed by atoms with Crippen molar-refractivity contribution in [2.24, 2.45) is 5.10 Å². The number of amides is 2. The molecule has 2 aliphatic rings. The Hall–Kier alpha value is -2.68. The Morgan fingerprint density at radius 2 is 2.00 bits per heavy atom. The highest BCUT2D eigenvalue weighted by atomic mass is 32.1. The third kappa shape index (κ3) is 3.77. The predicted octanol–water partition coefficient (Wildman–Crippen LogP) is 2.67. The molecule has 0 spiro atoms. The quantitative estimate of drug-likeness (QED) is 0.873. The van der Waals surface area contributed by atoms with Crippen LogP contribution in [0.1, 0.15) is 42.2 Å². The molecule has 1 aromatic carbocycles. The highest BCUT2D eigenvalue weighted by Crippen LogP contribution is 2.42. The fraction of sp³-hybridized carbons (Fsp3) is 0.353. The number of hydrogen-bond acceptors (Lipinski definition) is 6. The number of aromatic nitrogens is 2. The van der Waals surface area contributed by atoms with E-state index in [9.17, 15) is 14.0 Å². The lowest BCUT2D eigenvalue weighted by Gasteiger charge is -2.23. The summed E-state index contributed by atoms with van der Waals surface area (Å²) in [5, 5.41) is 17.6. The lowest BCUT2D eigenvalue weighted by molar-refractivity contribution is -0.132. The van der Waals surface area contributed by atoms with Crippen LogP contribution in [-0.4, -0.2) is 32.7 Å². The van der Waals surface area contributed by atoms with Crippen molar-refractivity contribution in [2.45, 2.75) is 38.1 Å². The van der Waals surface area contributed by atoms with Gasteiger partial charge in [-0.2, -0.15) is 5.10 Å². The average Bonchev–Trinajstić information content (AvgIpc) is 3.38. The molecule has 2 amide bonds.